The van der Waals surface area contributed by atoms with Crippen molar-refractivity contribution in [2.24, 2.45) is 0 Å². The summed E-state index contributed by atoms with van der Waals surface area (Å²) in [5.41, 5.74) is 0. The maximum Gasteiger partial charge on any atom is 0.178 e. The predicted octanol–water partition coefficient (Wildman–Crippen LogP) is 0.407. The molecule has 4 heteroatoms. The zero-order valence-electron chi connectivity index (χ0n) is 7.28. The number of hydrogen-bond acceptors (Lipinski definition) is 3. The van der Waals surface area contributed by atoms with Crippen molar-refractivity contribution in [1.29, 1.82) is 0 Å². The number of hydrogen-bond donors (Lipinski definition) is 0. The van der Waals surface area contributed by atoms with Crippen LogP contribution < -0.4 is 0 Å². The lowest BCUT2D eigenvalue weighted by Gasteiger charge is -2.02. The van der Waals surface area contributed by atoms with Gasteiger partial charge in [0.25, 0.3) is 0 Å². The Morgan fingerprint density at radius 2 is 2.50 bits per heavy atom. The number of aryl methyl sites for hydroxylation is 1. The van der Waals surface area contributed by atoms with E-state index in [9.17, 15) is 4.79 Å². The molecule has 0 atom stereocenters. The zero-order chi connectivity index (χ0) is 8.97. The van der Waals surface area contributed by atoms with Gasteiger partial charge in [-0.25, -0.2) is 4.98 Å². The molecule has 0 fully saturated rings. The van der Waals surface area contributed by atoms with Crippen LogP contribution in [0.25, 0.3) is 0 Å². The molecule has 12 heavy (non-hydrogen) atoms. The number of ether oxygens (including phenoxy) is 1. The average Bonchev–Trinajstić information content (AvgIpc) is 2.37. The van der Waals surface area contributed by atoms with Crippen molar-refractivity contribution in [3.8, 4) is 0 Å². The third kappa shape index (κ3) is 2.17. The van der Waals surface area contributed by atoms with Crippen LogP contribution >= 0.6 is 0 Å². The second-order valence-corrected chi connectivity index (χ2v) is 2.57. The standard InChI is InChI=1S/C8H12N2O2/c1-7-9-3-4-10(7)5-8(11)6-12-2/h3-4H,5-6H2,1-2H3. The van der Waals surface area contributed by atoms with E-state index in [0.29, 0.717) is 6.54 Å². The van der Waals surface area contributed by atoms with Crippen molar-refractivity contribution in [3.63, 3.8) is 0 Å². The third-order valence-electron chi connectivity index (χ3n) is 1.58. The Morgan fingerprint density at radius 3 is 3.00 bits per heavy atom. The Morgan fingerprint density at radius 1 is 1.75 bits per heavy atom. The molecule has 0 aliphatic carbocycles. The van der Waals surface area contributed by atoms with E-state index >= 15 is 0 Å². The van der Waals surface area contributed by atoms with E-state index in [4.69, 9.17) is 4.74 Å². The summed E-state index contributed by atoms with van der Waals surface area (Å²) in [5, 5.41) is 0. The highest BCUT2D eigenvalue weighted by Gasteiger charge is 2.03. The molecule has 0 bridgehead atoms. The molecule has 0 radical (unpaired) electrons. The molecule has 66 valence electrons. The molecular weight excluding hydrogens is 156 g/mol. The van der Waals surface area contributed by atoms with Crippen molar-refractivity contribution in [1.82, 2.24) is 9.55 Å². The monoisotopic (exact) mass is 168 g/mol. The topological polar surface area (TPSA) is 44.1 Å². The number of Topliss-reactive ketones (excluding diaryl/α,β-unsaturated/α-hetero) is 1. The zero-order valence-corrected chi connectivity index (χ0v) is 7.28. The molecule has 0 unspecified atom stereocenters. The lowest BCUT2D eigenvalue weighted by molar-refractivity contribution is -0.123. The van der Waals surface area contributed by atoms with E-state index < -0.39 is 0 Å². The van der Waals surface area contributed by atoms with Crippen LogP contribution in [0.5, 0.6) is 0 Å². The van der Waals surface area contributed by atoms with Gasteiger partial charge < -0.3 is 9.30 Å². The molecule has 4 nitrogen and oxygen atoms in total. The Bertz CT molecular complexity index is 268. The van der Waals surface area contributed by atoms with Crippen LogP contribution in [0.4, 0.5) is 0 Å². The number of ketones is 1. The molecule has 0 aliphatic heterocycles. The van der Waals surface area contributed by atoms with Crippen molar-refractivity contribution in [2.45, 2.75) is 13.5 Å². The summed E-state index contributed by atoms with van der Waals surface area (Å²) in [6.45, 7) is 2.37. The van der Waals surface area contributed by atoms with Gasteiger partial charge in [0.15, 0.2) is 5.78 Å². The molecule has 1 aromatic rings. The van der Waals surface area contributed by atoms with Crippen molar-refractivity contribution in [2.75, 3.05) is 13.7 Å². The van der Waals surface area contributed by atoms with Crippen LogP contribution in [0, 0.1) is 6.92 Å². The lowest BCUT2D eigenvalue weighted by atomic mass is 10.4. The van der Waals surface area contributed by atoms with Gasteiger partial charge in [-0.05, 0) is 6.92 Å². The number of rotatable bonds is 4. The van der Waals surface area contributed by atoms with E-state index in [0.717, 1.165) is 5.82 Å². The number of carbonyl (C=O) groups is 1. The fourth-order valence-corrected chi connectivity index (χ4v) is 0.967. The smallest absolute Gasteiger partial charge is 0.178 e. The van der Waals surface area contributed by atoms with Gasteiger partial charge in [0.1, 0.15) is 12.4 Å². The van der Waals surface area contributed by atoms with Gasteiger partial charge in [-0.2, -0.15) is 0 Å². The van der Waals surface area contributed by atoms with Crippen LogP contribution in [-0.2, 0) is 16.1 Å². The molecule has 0 saturated heterocycles. The molecule has 0 spiro atoms. The summed E-state index contributed by atoms with van der Waals surface area (Å²) in [6.07, 6.45) is 3.46. The van der Waals surface area contributed by atoms with Gasteiger partial charge in [-0.3, -0.25) is 4.79 Å². The molecule has 0 aromatic carbocycles. The fraction of sp³-hybridized carbons (Fsp3) is 0.500. The molecule has 0 N–H and O–H groups in total. The fourth-order valence-electron chi connectivity index (χ4n) is 0.967. The molecule has 0 aliphatic rings. The Hall–Kier alpha value is -1.16. The second kappa shape index (κ2) is 4.01. The average molecular weight is 168 g/mol. The third-order valence-corrected chi connectivity index (χ3v) is 1.58. The molecule has 1 heterocycles. The summed E-state index contributed by atoms with van der Waals surface area (Å²) < 4.78 is 6.50. The summed E-state index contributed by atoms with van der Waals surface area (Å²) in [7, 11) is 1.51. The van der Waals surface area contributed by atoms with Gasteiger partial charge in [0.05, 0.1) is 6.54 Å². The van der Waals surface area contributed by atoms with Crippen LogP contribution in [0.3, 0.4) is 0 Å². The Balaban J connectivity index is 2.52. The van der Waals surface area contributed by atoms with Gasteiger partial charge in [-0.1, -0.05) is 0 Å². The Labute approximate surface area is 71.2 Å². The first-order valence-corrected chi connectivity index (χ1v) is 3.72. The van der Waals surface area contributed by atoms with E-state index in [-0.39, 0.29) is 12.4 Å². The minimum Gasteiger partial charge on any atom is -0.377 e. The molecule has 1 aromatic heterocycles. The summed E-state index contributed by atoms with van der Waals surface area (Å²) >= 11 is 0. The molecular formula is C8H12N2O2. The first kappa shape index (κ1) is 8.93. The lowest BCUT2D eigenvalue weighted by Crippen LogP contribution is -2.15. The molecule has 0 amide bonds. The van der Waals surface area contributed by atoms with Crippen molar-refractivity contribution in [3.05, 3.63) is 18.2 Å². The van der Waals surface area contributed by atoms with E-state index in [1.54, 1.807) is 17.0 Å². The van der Waals surface area contributed by atoms with Crippen molar-refractivity contribution < 1.29 is 9.53 Å². The molecule has 1 rings (SSSR count). The highest BCUT2D eigenvalue weighted by atomic mass is 16.5. The number of carbonyl (C=O) groups excluding carboxylic acids is 1. The number of methoxy groups -OCH3 is 1. The number of imidazole rings is 1. The van der Waals surface area contributed by atoms with Gasteiger partial charge in [-0.15, -0.1) is 0 Å². The highest BCUT2D eigenvalue weighted by molar-refractivity contribution is 5.79. The summed E-state index contributed by atoms with van der Waals surface area (Å²) in [5.74, 6) is 0.901. The maximum atomic E-state index is 11.1. The Kier molecular flexibility index (Phi) is 2.99. The SMILES string of the molecule is COCC(=O)Cn1ccnc1C. The van der Waals surface area contributed by atoms with E-state index in [1.807, 2.05) is 6.92 Å². The van der Waals surface area contributed by atoms with Crippen LogP contribution in [0.15, 0.2) is 12.4 Å². The van der Waals surface area contributed by atoms with Crippen molar-refractivity contribution >= 4 is 5.78 Å². The predicted molar refractivity (Wildman–Crippen MR) is 43.8 cm³/mol. The van der Waals surface area contributed by atoms with Gasteiger partial charge >= 0.3 is 0 Å². The van der Waals surface area contributed by atoms with Crippen LogP contribution in [-0.4, -0.2) is 29.1 Å². The number of nitrogens with zero attached hydrogens (tertiary/aromatic N) is 2. The largest absolute Gasteiger partial charge is 0.377 e. The van der Waals surface area contributed by atoms with Crippen LogP contribution in [0.1, 0.15) is 5.82 Å². The van der Waals surface area contributed by atoms with Gasteiger partial charge in [0, 0.05) is 19.5 Å². The summed E-state index contributed by atoms with van der Waals surface area (Å²) in [4.78, 5) is 15.1. The summed E-state index contributed by atoms with van der Waals surface area (Å²) in [6, 6.07) is 0. The second-order valence-electron chi connectivity index (χ2n) is 2.57. The first-order chi connectivity index (χ1) is 5.74. The van der Waals surface area contributed by atoms with Crippen LogP contribution in [0.2, 0.25) is 0 Å². The van der Waals surface area contributed by atoms with Gasteiger partial charge in [0.2, 0.25) is 0 Å². The minimum atomic E-state index is 0.0543. The first-order valence-electron chi connectivity index (χ1n) is 3.72. The highest BCUT2D eigenvalue weighted by Crippen LogP contribution is 1.94. The van der Waals surface area contributed by atoms with E-state index in [2.05, 4.69) is 4.98 Å². The maximum absolute atomic E-state index is 11.1. The number of aromatic nitrogens is 2. The normalized spacial score (nSPS) is 10.2. The minimum absolute atomic E-state index is 0.0543. The van der Waals surface area contributed by atoms with E-state index in [1.165, 1.54) is 7.11 Å². The molecule has 0 saturated carbocycles. The quantitative estimate of drug-likeness (QED) is 0.654.